The van der Waals surface area contributed by atoms with Crippen molar-refractivity contribution in [3.05, 3.63) is 58.1 Å². The van der Waals surface area contributed by atoms with Gasteiger partial charge in [-0.05, 0) is 24.4 Å². The first kappa shape index (κ1) is 17.4. The predicted octanol–water partition coefficient (Wildman–Crippen LogP) is 1.88. The van der Waals surface area contributed by atoms with Gasteiger partial charge < -0.3 is 14.8 Å². The van der Waals surface area contributed by atoms with Crippen LogP contribution in [0.3, 0.4) is 0 Å². The third kappa shape index (κ3) is 4.16. The number of nitrogens with zero attached hydrogens (tertiary/aromatic N) is 1. The van der Waals surface area contributed by atoms with Crippen molar-refractivity contribution in [1.82, 2.24) is 10.9 Å². The topological polar surface area (TPSA) is 115 Å². The van der Waals surface area contributed by atoms with Crippen LogP contribution in [0.25, 0.3) is 0 Å². The zero-order chi connectivity index (χ0) is 18.5. The van der Waals surface area contributed by atoms with Gasteiger partial charge in [-0.25, -0.2) is 0 Å². The van der Waals surface area contributed by atoms with E-state index in [-0.39, 0.29) is 24.0 Å². The van der Waals surface area contributed by atoms with E-state index in [4.69, 9.17) is 21.7 Å². The van der Waals surface area contributed by atoms with Crippen LogP contribution in [0.5, 0.6) is 11.5 Å². The second-order valence-electron chi connectivity index (χ2n) is 5.26. The summed E-state index contributed by atoms with van der Waals surface area (Å²) in [4.78, 5) is 22.4. The van der Waals surface area contributed by atoms with E-state index < -0.39 is 10.8 Å². The molecule has 9 nitrogen and oxygen atoms in total. The van der Waals surface area contributed by atoms with Gasteiger partial charge in [0.15, 0.2) is 16.6 Å². The Morgan fingerprint density at radius 2 is 1.92 bits per heavy atom. The fourth-order valence-electron chi connectivity index (χ4n) is 2.32. The number of nitro groups is 1. The number of nitro benzene ring substituents is 1. The molecule has 1 heterocycles. The molecule has 0 fully saturated rings. The van der Waals surface area contributed by atoms with Gasteiger partial charge >= 0.3 is 0 Å². The Morgan fingerprint density at radius 1 is 1.15 bits per heavy atom. The maximum Gasteiger partial charge on any atom is 0.273 e. The molecule has 134 valence electrons. The number of para-hydroxylation sites is 1. The van der Waals surface area contributed by atoms with Gasteiger partial charge in [-0.2, -0.15) is 0 Å². The number of amides is 1. The molecule has 2 aromatic carbocycles. The zero-order valence-electron chi connectivity index (χ0n) is 13.4. The summed E-state index contributed by atoms with van der Waals surface area (Å²) < 4.78 is 10.5. The number of thiocarbonyl (C=S) groups is 1. The minimum absolute atomic E-state index is 0.108. The third-order valence-corrected chi connectivity index (χ3v) is 3.69. The van der Waals surface area contributed by atoms with Crippen molar-refractivity contribution in [1.29, 1.82) is 0 Å². The molecule has 0 atom stereocenters. The lowest BCUT2D eigenvalue weighted by Crippen LogP contribution is -2.44. The van der Waals surface area contributed by atoms with Crippen molar-refractivity contribution in [2.24, 2.45) is 0 Å². The van der Waals surface area contributed by atoms with E-state index >= 15 is 0 Å². The van der Waals surface area contributed by atoms with Crippen molar-refractivity contribution in [2.75, 3.05) is 12.1 Å². The summed E-state index contributed by atoms with van der Waals surface area (Å²) in [5, 5.41) is 14.0. The van der Waals surface area contributed by atoms with Gasteiger partial charge in [0.05, 0.1) is 11.3 Å². The second kappa shape index (κ2) is 7.66. The van der Waals surface area contributed by atoms with Crippen LogP contribution in [-0.4, -0.2) is 22.7 Å². The molecule has 1 amide bonds. The molecule has 3 N–H and O–H groups in total. The highest BCUT2D eigenvalue weighted by molar-refractivity contribution is 7.80. The number of anilines is 1. The Balaban J connectivity index is 1.51. The van der Waals surface area contributed by atoms with Crippen molar-refractivity contribution in [3.8, 4) is 11.5 Å². The van der Waals surface area contributed by atoms with E-state index in [2.05, 4.69) is 16.2 Å². The van der Waals surface area contributed by atoms with Crippen LogP contribution in [0.15, 0.2) is 42.5 Å². The number of hydrogen-bond donors (Lipinski definition) is 3. The maximum atomic E-state index is 12.0. The molecule has 0 aliphatic carbocycles. The maximum absolute atomic E-state index is 12.0. The first-order valence-electron chi connectivity index (χ1n) is 7.51. The molecule has 0 unspecified atom stereocenters. The number of carbonyl (C=O) groups excluding carboxylic acids is 1. The molecule has 0 aromatic heterocycles. The Hall–Kier alpha value is -3.40. The molecular formula is C16H14N4O5S. The predicted molar refractivity (Wildman–Crippen MR) is 96.9 cm³/mol. The SMILES string of the molecule is O=C(Cc1ccccc1[N+](=O)[O-])NNC(=S)Nc1ccc2c(c1)OCO2. The molecule has 10 heteroatoms. The van der Waals surface area contributed by atoms with Crippen LogP contribution in [0.1, 0.15) is 5.56 Å². The van der Waals surface area contributed by atoms with Crippen molar-refractivity contribution >= 4 is 34.6 Å². The summed E-state index contributed by atoms with van der Waals surface area (Å²) in [5.74, 6) is 0.777. The number of fused-ring (bicyclic) bond motifs is 1. The van der Waals surface area contributed by atoms with Crippen molar-refractivity contribution < 1.29 is 19.2 Å². The molecular weight excluding hydrogens is 360 g/mol. The molecule has 0 saturated carbocycles. The van der Waals surface area contributed by atoms with E-state index in [1.807, 2.05) is 0 Å². The monoisotopic (exact) mass is 374 g/mol. The van der Waals surface area contributed by atoms with Gasteiger partial charge in [-0.1, -0.05) is 18.2 Å². The molecule has 1 aliphatic rings. The summed E-state index contributed by atoms with van der Waals surface area (Å²) in [6, 6.07) is 11.3. The van der Waals surface area contributed by atoms with Crippen LogP contribution in [0, 0.1) is 10.1 Å². The molecule has 0 saturated heterocycles. The van der Waals surface area contributed by atoms with Crippen molar-refractivity contribution in [3.63, 3.8) is 0 Å². The Morgan fingerprint density at radius 3 is 2.73 bits per heavy atom. The first-order chi connectivity index (χ1) is 12.5. The van der Waals surface area contributed by atoms with Crippen LogP contribution >= 0.6 is 12.2 Å². The lowest BCUT2D eigenvalue weighted by Gasteiger charge is -2.12. The number of carbonyl (C=O) groups is 1. The lowest BCUT2D eigenvalue weighted by atomic mass is 10.1. The number of hydrogen-bond acceptors (Lipinski definition) is 6. The van der Waals surface area contributed by atoms with Gasteiger partial charge in [0.2, 0.25) is 12.7 Å². The standard InChI is InChI=1S/C16H14N4O5S/c21-15(7-10-3-1-2-4-12(10)20(22)23)18-19-16(26)17-11-5-6-13-14(8-11)25-9-24-13/h1-6,8H,7,9H2,(H,18,21)(H2,17,19,26). The van der Waals surface area contributed by atoms with E-state index in [1.165, 1.54) is 12.1 Å². The minimum atomic E-state index is -0.526. The van der Waals surface area contributed by atoms with Gasteiger partial charge in [-0.3, -0.25) is 25.8 Å². The molecule has 0 spiro atoms. The smallest absolute Gasteiger partial charge is 0.273 e. The molecule has 1 aliphatic heterocycles. The summed E-state index contributed by atoms with van der Waals surface area (Å²) in [7, 11) is 0. The Kier molecular flexibility index (Phi) is 5.13. The highest BCUT2D eigenvalue weighted by Crippen LogP contribution is 2.34. The zero-order valence-corrected chi connectivity index (χ0v) is 14.2. The molecule has 0 bridgehead atoms. The number of ether oxygens (including phenoxy) is 2. The van der Waals surface area contributed by atoms with E-state index in [1.54, 1.807) is 30.3 Å². The summed E-state index contributed by atoms with van der Waals surface area (Å²) in [5.41, 5.74) is 5.80. The fraction of sp³-hybridized carbons (Fsp3) is 0.125. The van der Waals surface area contributed by atoms with E-state index in [0.29, 0.717) is 22.7 Å². The average Bonchev–Trinajstić information content (AvgIpc) is 3.08. The third-order valence-electron chi connectivity index (χ3n) is 3.49. The molecule has 26 heavy (non-hydrogen) atoms. The highest BCUT2D eigenvalue weighted by atomic mass is 32.1. The normalized spacial score (nSPS) is 11.5. The lowest BCUT2D eigenvalue weighted by molar-refractivity contribution is -0.385. The summed E-state index contributed by atoms with van der Waals surface area (Å²) in [6.07, 6.45) is -0.156. The largest absolute Gasteiger partial charge is 0.454 e. The minimum Gasteiger partial charge on any atom is -0.454 e. The van der Waals surface area contributed by atoms with Gasteiger partial charge in [0.1, 0.15) is 0 Å². The molecule has 0 radical (unpaired) electrons. The average molecular weight is 374 g/mol. The van der Waals surface area contributed by atoms with E-state index in [0.717, 1.165) is 0 Å². The van der Waals surface area contributed by atoms with Gasteiger partial charge in [-0.15, -0.1) is 0 Å². The molecule has 3 rings (SSSR count). The number of nitrogens with one attached hydrogen (secondary N) is 3. The summed E-state index contributed by atoms with van der Waals surface area (Å²) >= 11 is 5.10. The second-order valence-corrected chi connectivity index (χ2v) is 5.67. The van der Waals surface area contributed by atoms with Gasteiger partial charge in [0, 0.05) is 23.4 Å². The van der Waals surface area contributed by atoms with Crippen LogP contribution < -0.4 is 25.6 Å². The summed E-state index contributed by atoms with van der Waals surface area (Å²) in [6.45, 7) is 0.170. The van der Waals surface area contributed by atoms with E-state index in [9.17, 15) is 14.9 Å². The number of hydrazine groups is 1. The fourth-order valence-corrected chi connectivity index (χ4v) is 2.49. The van der Waals surface area contributed by atoms with Crippen molar-refractivity contribution in [2.45, 2.75) is 6.42 Å². The highest BCUT2D eigenvalue weighted by Gasteiger charge is 2.16. The number of rotatable bonds is 4. The van der Waals surface area contributed by atoms with Crippen LogP contribution in [0.4, 0.5) is 11.4 Å². The van der Waals surface area contributed by atoms with Crippen LogP contribution in [-0.2, 0) is 11.2 Å². The number of benzene rings is 2. The first-order valence-corrected chi connectivity index (χ1v) is 7.91. The Labute approximate surface area is 153 Å². The quantitative estimate of drug-likeness (QED) is 0.422. The van der Waals surface area contributed by atoms with Gasteiger partial charge in [0.25, 0.3) is 5.69 Å². The van der Waals surface area contributed by atoms with Crippen LogP contribution in [0.2, 0.25) is 0 Å². The molecule has 2 aromatic rings. The Bertz CT molecular complexity index is 873.